The van der Waals surface area contributed by atoms with E-state index in [-0.39, 0.29) is 10.9 Å². The largest absolute Gasteiger partial charge is 0.389 e. The van der Waals surface area contributed by atoms with Gasteiger partial charge in [0.15, 0.2) is 0 Å². The van der Waals surface area contributed by atoms with Crippen molar-refractivity contribution < 1.29 is 9.59 Å². The number of nitrogens with two attached hydrogens (primary N) is 2. The van der Waals surface area contributed by atoms with Crippen LogP contribution in [0.4, 0.5) is 0 Å². The van der Waals surface area contributed by atoms with Crippen LogP contribution < -0.4 is 11.5 Å². The topological polar surface area (TPSA) is 89.4 Å². The number of amides is 2. The Morgan fingerprint density at radius 3 is 2.58 bits per heavy atom. The number of nitrogens with zero attached hydrogens (tertiary/aromatic N) is 1. The summed E-state index contributed by atoms with van der Waals surface area (Å²) < 4.78 is 0. The summed E-state index contributed by atoms with van der Waals surface area (Å²) in [7, 11) is 0. The summed E-state index contributed by atoms with van der Waals surface area (Å²) in [5, 5.41) is 0. The predicted octanol–water partition coefficient (Wildman–Crippen LogP) is 0.411. The van der Waals surface area contributed by atoms with Crippen molar-refractivity contribution in [3.05, 3.63) is 35.4 Å². The Labute approximate surface area is 116 Å². The zero-order valence-electron chi connectivity index (χ0n) is 10.3. The van der Waals surface area contributed by atoms with E-state index in [0.717, 1.165) is 6.42 Å². The Hall–Kier alpha value is -1.95. The van der Waals surface area contributed by atoms with Gasteiger partial charge in [-0.2, -0.15) is 0 Å². The number of thiocarbonyl (C=S) groups is 1. The quantitative estimate of drug-likeness (QED) is 0.783. The lowest BCUT2D eigenvalue weighted by molar-refractivity contribution is -0.121. The first-order valence-electron chi connectivity index (χ1n) is 6.01. The van der Waals surface area contributed by atoms with Gasteiger partial charge in [-0.15, -0.1) is 0 Å². The van der Waals surface area contributed by atoms with E-state index in [0.29, 0.717) is 24.1 Å². The summed E-state index contributed by atoms with van der Waals surface area (Å²) in [6, 6.07) is 6.27. The molecule has 2 amide bonds. The minimum atomic E-state index is -0.513. The van der Waals surface area contributed by atoms with E-state index in [1.165, 1.54) is 4.90 Å². The highest BCUT2D eigenvalue weighted by Gasteiger charge is 2.33. The van der Waals surface area contributed by atoms with E-state index in [1.807, 2.05) is 0 Å². The van der Waals surface area contributed by atoms with Crippen LogP contribution in [0.15, 0.2) is 24.3 Å². The van der Waals surface area contributed by atoms with Crippen molar-refractivity contribution in [3.63, 3.8) is 0 Å². The second kappa shape index (κ2) is 5.36. The third-order valence-corrected chi connectivity index (χ3v) is 3.47. The van der Waals surface area contributed by atoms with Crippen molar-refractivity contribution in [2.45, 2.75) is 18.9 Å². The van der Waals surface area contributed by atoms with E-state index in [2.05, 4.69) is 0 Å². The van der Waals surface area contributed by atoms with Crippen LogP contribution in [0.5, 0.6) is 0 Å². The SMILES string of the molecule is NC(=O)C1CCCN1C(=O)c1cccc(C(N)=S)c1. The number of likely N-dealkylation sites (tertiary alicyclic amines) is 1. The first-order chi connectivity index (χ1) is 9.00. The Morgan fingerprint density at radius 1 is 1.26 bits per heavy atom. The van der Waals surface area contributed by atoms with Gasteiger partial charge in [0.25, 0.3) is 5.91 Å². The molecule has 1 aliphatic rings. The highest BCUT2D eigenvalue weighted by molar-refractivity contribution is 7.80. The van der Waals surface area contributed by atoms with Crippen LogP contribution in [-0.2, 0) is 4.79 Å². The molecule has 1 atom stereocenters. The van der Waals surface area contributed by atoms with Crippen LogP contribution in [0, 0.1) is 0 Å². The van der Waals surface area contributed by atoms with Gasteiger partial charge in [-0.25, -0.2) is 0 Å². The monoisotopic (exact) mass is 277 g/mol. The third-order valence-electron chi connectivity index (χ3n) is 3.24. The molecule has 0 aliphatic carbocycles. The molecule has 1 aromatic rings. The van der Waals surface area contributed by atoms with Crippen LogP contribution in [0.1, 0.15) is 28.8 Å². The second-order valence-corrected chi connectivity index (χ2v) is 4.94. The molecule has 1 saturated heterocycles. The molecule has 19 heavy (non-hydrogen) atoms. The molecule has 4 N–H and O–H groups in total. The Kier molecular flexibility index (Phi) is 3.80. The zero-order valence-corrected chi connectivity index (χ0v) is 11.2. The zero-order chi connectivity index (χ0) is 14.0. The summed E-state index contributed by atoms with van der Waals surface area (Å²) in [5.41, 5.74) is 12.0. The van der Waals surface area contributed by atoms with Gasteiger partial charge in [0, 0.05) is 17.7 Å². The van der Waals surface area contributed by atoms with Crippen molar-refractivity contribution in [1.29, 1.82) is 0 Å². The van der Waals surface area contributed by atoms with Crippen molar-refractivity contribution in [1.82, 2.24) is 4.90 Å². The fourth-order valence-corrected chi connectivity index (χ4v) is 2.40. The summed E-state index contributed by atoms with van der Waals surface area (Å²) >= 11 is 4.89. The number of hydrogen-bond acceptors (Lipinski definition) is 3. The van der Waals surface area contributed by atoms with E-state index in [1.54, 1.807) is 24.3 Å². The van der Waals surface area contributed by atoms with E-state index < -0.39 is 11.9 Å². The number of benzene rings is 1. The minimum Gasteiger partial charge on any atom is -0.389 e. The van der Waals surface area contributed by atoms with Gasteiger partial charge >= 0.3 is 0 Å². The number of carbonyl (C=O) groups excluding carboxylic acids is 2. The minimum absolute atomic E-state index is 0.209. The third kappa shape index (κ3) is 2.73. The highest BCUT2D eigenvalue weighted by atomic mass is 32.1. The maximum atomic E-state index is 12.4. The van der Waals surface area contributed by atoms with E-state index in [4.69, 9.17) is 23.7 Å². The van der Waals surface area contributed by atoms with Crippen LogP contribution >= 0.6 is 12.2 Å². The predicted molar refractivity (Wildman–Crippen MR) is 75.6 cm³/mol. The molecule has 1 aliphatic heterocycles. The van der Waals surface area contributed by atoms with Crippen molar-refractivity contribution in [2.24, 2.45) is 11.5 Å². The number of primary amides is 1. The smallest absolute Gasteiger partial charge is 0.254 e. The van der Waals surface area contributed by atoms with Gasteiger partial charge in [-0.1, -0.05) is 24.4 Å². The molecular formula is C13H15N3O2S. The summed E-state index contributed by atoms with van der Waals surface area (Å²) in [4.78, 5) is 25.4. The fourth-order valence-electron chi connectivity index (χ4n) is 2.28. The van der Waals surface area contributed by atoms with Crippen LogP contribution in [0.2, 0.25) is 0 Å². The average molecular weight is 277 g/mol. The first-order valence-corrected chi connectivity index (χ1v) is 6.41. The lowest BCUT2D eigenvalue weighted by Crippen LogP contribution is -2.43. The molecule has 5 nitrogen and oxygen atoms in total. The molecule has 0 radical (unpaired) electrons. The average Bonchev–Trinajstić information content (AvgIpc) is 2.87. The molecule has 1 unspecified atom stereocenters. The van der Waals surface area contributed by atoms with Crippen molar-refractivity contribution >= 4 is 29.0 Å². The van der Waals surface area contributed by atoms with Gasteiger partial charge < -0.3 is 16.4 Å². The van der Waals surface area contributed by atoms with E-state index in [9.17, 15) is 9.59 Å². The van der Waals surface area contributed by atoms with E-state index >= 15 is 0 Å². The Balaban J connectivity index is 2.26. The summed E-state index contributed by atoms with van der Waals surface area (Å²) in [5.74, 6) is -0.671. The maximum absolute atomic E-state index is 12.4. The van der Waals surface area contributed by atoms with Gasteiger partial charge in [-0.05, 0) is 25.0 Å². The molecule has 0 bridgehead atoms. The lowest BCUT2D eigenvalue weighted by atomic mass is 10.1. The van der Waals surface area contributed by atoms with Gasteiger partial charge in [0.2, 0.25) is 5.91 Å². The lowest BCUT2D eigenvalue weighted by Gasteiger charge is -2.22. The molecule has 6 heteroatoms. The summed E-state index contributed by atoms with van der Waals surface area (Å²) in [6.45, 7) is 0.545. The standard InChI is InChI=1S/C13H15N3O2S/c14-11(17)10-5-2-6-16(10)13(18)9-4-1-3-8(7-9)12(15)19/h1,3-4,7,10H,2,5-6H2,(H2,14,17)(H2,15,19). The molecular weight excluding hydrogens is 262 g/mol. The summed E-state index contributed by atoms with van der Waals surface area (Å²) in [6.07, 6.45) is 1.41. The Bertz CT molecular complexity index is 544. The number of hydrogen-bond donors (Lipinski definition) is 2. The molecule has 1 aromatic carbocycles. The fraction of sp³-hybridized carbons (Fsp3) is 0.308. The second-order valence-electron chi connectivity index (χ2n) is 4.50. The normalized spacial score (nSPS) is 18.3. The molecule has 1 fully saturated rings. The van der Waals surface area contributed by atoms with Gasteiger partial charge in [0.1, 0.15) is 11.0 Å². The number of carbonyl (C=O) groups is 2. The molecule has 2 rings (SSSR count). The molecule has 100 valence electrons. The Morgan fingerprint density at radius 2 is 1.95 bits per heavy atom. The maximum Gasteiger partial charge on any atom is 0.254 e. The molecule has 1 heterocycles. The van der Waals surface area contributed by atoms with Crippen LogP contribution in [-0.4, -0.2) is 34.3 Å². The van der Waals surface area contributed by atoms with Crippen molar-refractivity contribution in [3.8, 4) is 0 Å². The van der Waals surface area contributed by atoms with Gasteiger partial charge in [-0.3, -0.25) is 9.59 Å². The molecule has 0 saturated carbocycles. The van der Waals surface area contributed by atoms with Crippen molar-refractivity contribution in [2.75, 3.05) is 6.54 Å². The molecule has 0 aromatic heterocycles. The number of rotatable bonds is 3. The first kappa shape index (κ1) is 13.5. The van der Waals surface area contributed by atoms with Crippen LogP contribution in [0.25, 0.3) is 0 Å². The molecule has 0 spiro atoms. The highest BCUT2D eigenvalue weighted by Crippen LogP contribution is 2.20. The van der Waals surface area contributed by atoms with Gasteiger partial charge in [0.05, 0.1) is 0 Å². The van der Waals surface area contributed by atoms with Crippen LogP contribution in [0.3, 0.4) is 0 Å².